The molecule has 5 heteroatoms. The van der Waals surface area contributed by atoms with E-state index in [9.17, 15) is 4.79 Å². The molecule has 0 unspecified atom stereocenters. The molecule has 0 bridgehead atoms. The van der Waals surface area contributed by atoms with Crippen molar-refractivity contribution in [3.63, 3.8) is 0 Å². The number of hydrogen-bond acceptors (Lipinski definition) is 3. The van der Waals surface area contributed by atoms with Gasteiger partial charge >= 0.3 is 0 Å². The molecule has 1 amide bonds. The maximum atomic E-state index is 11.5. The minimum absolute atomic E-state index is 0.0797. The summed E-state index contributed by atoms with van der Waals surface area (Å²) in [6, 6.07) is 3.09. The van der Waals surface area contributed by atoms with E-state index in [1.807, 2.05) is 0 Å². The van der Waals surface area contributed by atoms with Gasteiger partial charge in [0.15, 0.2) is 0 Å². The highest BCUT2D eigenvalue weighted by molar-refractivity contribution is 9.10. The lowest BCUT2D eigenvalue weighted by Gasteiger charge is -2.10. The summed E-state index contributed by atoms with van der Waals surface area (Å²) in [7, 11) is 0. The zero-order valence-corrected chi connectivity index (χ0v) is 9.28. The third-order valence-corrected chi connectivity index (χ3v) is 2.29. The highest BCUT2D eigenvalue weighted by Gasteiger charge is 2.11. The van der Waals surface area contributed by atoms with E-state index in [4.69, 9.17) is 5.11 Å². The van der Waals surface area contributed by atoms with Gasteiger partial charge in [-0.3, -0.25) is 4.79 Å². The van der Waals surface area contributed by atoms with Crippen LogP contribution in [-0.4, -0.2) is 28.6 Å². The molecule has 4 nitrogen and oxygen atoms in total. The second-order valence-electron chi connectivity index (χ2n) is 2.90. The number of nitrogens with one attached hydrogen (secondary N) is 1. The van der Waals surface area contributed by atoms with Crippen LogP contribution in [0.25, 0.3) is 0 Å². The maximum absolute atomic E-state index is 11.5. The van der Waals surface area contributed by atoms with Gasteiger partial charge in [0, 0.05) is 12.2 Å². The number of carbonyl (C=O) groups excluding carboxylic acids is 1. The lowest BCUT2D eigenvalue weighted by molar-refractivity contribution is 0.0921. The van der Waals surface area contributed by atoms with Crippen LogP contribution in [-0.2, 0) is 0 Å². The number of aliphatic hydroxyl groups excluding tert-OH is 1. The summed E-state index contributed by atoms with van der Waals surface area (Å²) < 4.78 is 0.502. The van der Waals surface area contributed by atoms with E-state index in [0.717, 1.165) is 0 Å². The molecule has 0 saturated carbocycles. The maximum Gasteiger partial charge on any atom is 0.254 e. The summed E-state index contributed by atoms with van der Waals surface area (Å²) >= 11 is 3.17. The normalized spacial score (nSPS) is 12.2. The Morgan fingerprint density at radius 1 is 1.79 bits per heavy atom. The SMILES string of the molecule is C[C@H](CO)NC(=O)c1cccnc1Br. The van der Waals surface area contributed by atoms with Crippen LogP contribution in [0.15, 0.2) is 22.9 Å². The fraction of sp³-hybridized carbons (Fsp3) is 0.333. The monoisotopic (exact) mass is 258 g/mol. The molecule has 0 radical (unpaired) electrons. The number of carbonyl (C=O) groups is 1. The Kier molecular flexibility index (Phi) is 4.03. The van der Waals surface area contributed by atoms with Gasteiger partial charge in [-0.25, -0.2) is 4.98 Å². The number of aliphatic hydroxyl groups is 1. The average molecular weight is 259 g/mol. The van der Waals surface area contributed by atoms with Crippen molar-refractivity contribution in [3.05, 3.63) is 28.5 Å². The lowest BCUT2D eigenvalue weighted by Crippen LogP contribution is -2.35. The van der Waals surface area contributed by atoms with Gasteiger partial charge in [0.05, 0.1) is 12.2 Å². The highest BCUT2D eigenvalue weighted by atomic mass is 79.9. The van der Waals surface area contributed by atoms with Gasteiger partial charge in [-0.15, -0.1) is 0 Å². The van der Waals surface area contributed by atoms with Gasteiger partial charge in [-0.05, 0) is 35.0 Å². The summed E-state index contributed by atoms with van der Waals surface area (Å²) in [5.74, 6) is -0.244. The van der Waals surface area contributed by atoms with Crippen LogP contribution in [0.5, 0.6) is 0 Å². The molecule has 0 aromatic carbocycles. The second kappa shape index (κ2) is 5.07. The molecule has 0 aliphatic carbocycles. The van der Waals surface area contributed by atoms with Crippen molar-refractivity contribution in [3.8, 4) is 0 Å². The molecule has 2 N–H and O–H groups in total. The number of aromatic nitrogens is 1. The van der Waals surface area contributed by atoms with Gasteiger partial charge in [-0.2, -0.15) is 0 Å². The Morgan fingerprint density at radius 2 is 2.50 bits per heavy atom. The first-order valence-electron chi connectivity index (χ1n) is 4.17. The summed E-state index contributed by atoms with van der Waals surface area (Å²) in [6.45, 7) is 1.64. The molecule has 14 heavy (non-hydrogen) atoms. The first-order chi connectivity index (χ1) is 6.65. The van der Waals surface area contributed by atoms with Crippen molar-refractivity contribution >= 4 is 21.8 Å². The smallest absolute Gasteiger partial charge is 0.254 e. The van der Waals surface area contributed by atoms with E-state index in [1.165, 1.54) is 0 Å². The Morgan fingerprint density at radius 3 is 3.07 bits per heavy atom. The molecule has 0 spiro atoms. The van der Waals surface area contributed by atoms with Crippen molar-refractivity contribution in [1.82, 2.24) is 10.3 Å². The Balaban J connectivity index is 2.75. The number of rotatable bonds is 3. The molecular weight excluding hydrogens is 248 g/mol. The fourth-order valence-electron chi connectivity index (χ4n) is 0.903. The first-order valence-corrected chi connectivity index (χ1v) is 4.96. The first kappa shape index (κ1) is 11.1. The quantitative estimate of drug-likeness (QED) is 0.794. The molecule has 76 valence electrons. The fourth-order valence-corrected chi connectivity index (χ4v) is 1.33. The van der Waals surface area contributed by atoms with Crippen LogP contribution in [0.3, 0.4) is 0 Å². The molecular formula is C9H11BrN2O2. The van der Waals surface area contributed by atoms with Crippen molar-refractivity contribution in [1.29, 1.82) is 0 Å². The molecule has 0 fully saturated rings. The zero-order chi connectivity index (χ0) is 10.6. The number of nitrogens with zero attached hydrogens (tertiary/aromatic N) is 1. The third kappa shape index (κ3) is 2.78. The Labute approximate surface area is 90.5 Å². The van der Waals surface area contributed by atoms with Crippen LogP contribution < -0.4 is 5.32 Å². The van der Waals surface area contributed by atoms with Crippen LogP contribution in [0, 0.1) is 0 Å². The van der Waals surface area contributed by atoms with E-state index in [1.54, 1.807) is 25.3 Å². The van der Waals surface area contributed by atoms with Gasteiger partial charge < -0.3 is 10.4 Å². The van der Waals surface area contributed by atoms with Gasteiger partial charge in [0.25, 0.3) is 5.91 Å². The minimum atomic E-state index is -0.255. The predicted octanol–water partition coefficient (Wildman–Crippen LogP) is 0.955. The molecule has 1 rings (SSSR count). The van der Waals surface area contributed by atoms with Crippen LogP contribution in [0.2, 0.25) is 0 Å². The van der Waals surface area contributed by atoms with Gasteiger partial charge in [0.2, 0.25) is 0 Å². The number of hydrogen-bond donors (Lipinski definition) is 2. The summed E-state index contributed by atoms with van der Waals surface area (Å²) in [5.41, 5.74) is 0.466. The van der Waals surface area contributed by atoms with Crippen molar-refractivity contribution < 1.29 is 9.90 Å². The van der Waals surface area contributed by atoms with E-state index in [0.29, 0.717) is 10.2 Å². The van der Waals surface area contributed by atoms with Crippen molar-refractivity contribution in [2.75, 3.05) is 6.61 Å². The highest BCUT2D eigenvalue weighted by Crippen LogP contribution is 2.12. The largest absolute Gasteiger partial charge is 0.394 e. The molecule has 0 aliphatic rings. The van der Waals surface area contributed by atoms with E-state index >= 15 is 0 Å². The van der Waals surface area contributed by atoms with Crippen molar-refractivity contribution in [2.45, 2.75) is 13.0 Å². The van der Waals surface area contributed by atoms with E-state index in [-0.39, 0.29) is 18.6 Å². The predicted molar refractivity (Wildman–Crippen MR) is 56.0 cm³/mol. The van der Waals surface area contributed by atoms with Gasteiger partial charge in [-0.1, -0.05) is 0 Å². The van der Waals surface area contributed by atoms with E-state index in [2.05, 4.69) is 26.2 Å². The van der Waals surface area contributed by atoms with Gasteiger partial charge in [0.1, 0.15) is 4.60 Å². The second-order valence-corrected chi connectivity index (χ2v) is 3.65. The van der Waals surface area contributed by atoms with Crippen LogP contribution >= 0.6 is 15.9 Å². The summed E-state index contributed by atoms with van der Waals surface area (Å²) in [4.78, 5) is 15.5. The topological polar surface area (TPSA) is 62.2 Å². The standard InChI is InChI=1S/C9H11BrN2O2/c1-6(5-13)12-9(14)7-3-2-4-11-8(7)10/h2-4,6,13H,5H2,1H3,(H,12,14)/t6-/m1/s1. The molecule has 0 saturated heterocycles. The molecule has 0 aliphatic heterocycles. The minimum Gasteiger partial charge on any atom is -0.394 e. The van der Waals surface area contributed by atoms with Crippen LogP contribution in [0.1, 0.15) is 17.3 Å². The summed E-state index contributed by atoms with van der Waals surface area (Å²) in [6.07, 6.45) is 1.59. The number of halogens is 1. The van der Waals surface area contributed by atoms with Crippen molar-refractivity contribution in [2.24, 2.45) is 0 Å². The Hall–Kier alpha value is -0.940. The molecule has 1 heterocycles. The molecule has 1 aromatic rings. The van der Waals surface area contributed by atoms with E-state index < -0.39 is 0 Å². The third-order valence-electron chi connectivity index (χ3n) is 1.66. The Bertz CT molecular complexity index is 330. The summed E-state index contributed by atoms with van der Waals surface area (Å²) in [5, 5.41) is 11.4. The number of pyridine rings is 1. The lowest BCUT2D eigenvalue weighted by atomic mass is 10.2. The van der Waals surface area contributed by atoms with Crippen LogP contribution in [0.4, 0.5) is 0 Å². The molecule has 1 aromatic heterocycles. The molecule has 1 atom stereocenters. The average Bonchev–Trinajstić information content (AvgIpc) is 2.18. The zero-order valence-electron chi connectivity index (χ0n) is 7.70. The number of amides is 1.